The number of thiophene rings is 1. The van der Waals surface area contributed by atoms with Gasteiger partial charge in [0.1, 0.15) is 0 Å². The second kappa shape index (κ2) is 4.04. The predicted molar refractivity (Wildman–Crippen MR) is 60.9 cm³/mol. The largest absolute Gasteiger partial charge is 0.545 e. The van der Waals surface area contributed by atoms with Crippen molar-refractivity contribution in [1.82, 2.24) is 0 Å². The van der Waals surface area contributed by atoms with Crippen LogP contribution in [-0.2, 0) is 4.79 Å². The minimum Gasteiger partial charge on any atom is -0.545 e. The van der Waals surface area contributed by atoms with E-state index in [0.29, 0.717) is 5.02 Å². The Labute approximate surface area is 95.4 Å². The highest BCUT2D eigenvalue weighted by atomic mass is 35.5. The van der Waals surface area contributed by atoms with Gasteiger partial charge in [-0.3, -0.25) is 0 Å². The van der Waals surface area contributed by atoms with E-state index in [-0.39, 0.29) is 0 Å². The molecule has 1 aromatic heterocycles. The molecule has 0 fully saturated rings. The molecule has 0 aliphatic rings. The van der Waals surface area contributed by atoms with Crippen LogP contribution in [0.3, 0.4) is 0 Å². The average Bonchev–Trinajstić information content (AvgIpc) is 2.54. The van der Waals surface area contributed by atoms with Crippen molar-refractivity contribution in [2.24, 2.45) is 0 Å². The normalized spacial score (nSPS) is 11.3. The molecule has 0 amide bonds. The van der Waals surface area contributed by atoms with Gasteiger partial charge >= 0.3 is 0 Å². The highest BCUT2D eigenvalue weighted by Crippen LogP contribution is 2.35. The Morgan fingerprint density at radius 1 is 1.40 bits per heavy atom. The zero-order valence-corrected chi connectivity index (χ0v) is 9.14. The van der Waals surface area contributed by atoms with Gasteiger partial charge in [-0.15, -0.1) is 11.3 Å². The van der Waals surface area contributed by atoms with Crippen molar-refractivity contribution < 1.29 is 9.90 Å². The van der Waals surface area contributed by atoms with Crippen molar-refractivity contribution in [3.05, 3.63) is 40.2 Å². The maximum Gasteiger partial charge on any atom is 0.0664 e. The third-order valence-electron chi connectivity index (χ3n) is 1.93. The number of carbonyl (C=O) groups is 1. The lowest BCUT2D eigenvalue weighted by molar-refractivity contribution is -0.297. The number of hydrogen-bond acceptors (Lipinski definition) is 3. The molecule has 2 rings (SSSR count). The predicted octanol–water partition coefficient (Wildman–Crippen LogP) is 2.32. The molecule has 0 aliphatic heterocycles. The number of benzene rings is 1. The van der Waals surface area contributed by atoms with Gasteiger partial charge in [0.2, 0.25) is 0 Å². The molecule has 0 spiro atoms. The lowest BCUT2D eigenvalue weighted by Gasteiger charge is -1.90. The maximum atomic E-state index is 10.3. The van der Waals surface area contributed by atoms with E-state index in [2.05, 4.69) is 0 Å². The number of carboxylic acids is 1. The molecule has 2 aromatic rings. The summed E-state index contributed by atoms with van der Waals surface area (Å²) in [6.45, 7) is 0. The molecule has 0 bridgehead atoms. The van der Waals surface area contributed by atoms with E-state index in [0.717, 1.165) is 21.0 Å². The van der Waals surface area contributed by atoms with Crippen molar-refractivity contribution in [2.75, 3.05) is 0 Å². The average molecular weight is 238 g/mol. The van der Waals surface area contributed by atoms with Crippen molar-refractivity contribution in [1.29, 1.82) is 0 Å². The van der Waals surface area contributed by atoms with Crippen molar-refractivity contribution in [3.8, 4) is 0 Å². The summed E-state index contributed by atoms with van der Waals surface area (Å²) in [5, 5.41) is 11.8. The SMILES string of the molecule is O=C([O-])/C=C/c1sc2ccccc2c1Cl. The first-order valence-electron chi connectivity index (χ1n) is 4.24. The zero-order chi connectivity index (χ0) is 10.8. The van der Waals surface area contributed by atoms with E-state index in [4.69, 9.17) is 11.6 Å². The van der Waals surface area contributed by atoms with E-state index in [1.807, 2.05) is 24.3 Å². The first-order valence-corrected chi connectivity index (χ1v) is 5.44. The van der Waals surface area contributed by atoms with E-state index in [1.54, 1.807) is 0 Å². The van der Waals surface area contributed by atoms with E-state index in [1.165, 1.54) is 17.4 Å². The maximum absolute atomic E-state index is 10.3. The summed E-state index contributed by atoms with van der Waals surface area (Å²) >= 11 is 7.54. The molecule has 76 valence electrons. The Morgan fingerprint density at radius 2 is 2.13 bits per heavy atom. The van der Waals surface area contributed by atoms with Gasteiger partial charge in [0.25, 0.3) is 0 Å². The molecule has 1 aromatic carbocycles. The Hall–Kier alpha value is -1.32. The molecule has 1 heterocycles. The number of hydrogen-bond donors (Lipinski definition) is 0. The standard InChI is InChI=1S/C11H7ClO2S/c12-11-7-3-1-2-4-8(7)15-9(11)5-6-10(13)14/h1-6H,(H,13,14)/p-1/b6-5+. The Balaban J connectivity index is 2.53. The van der Waals surface area contributed by atoms with Gasteiger partial charge in [-0.25, -0.2) is 0 Å². The summed E-state index contributed by atoms with van der Waals surface area (Å²) in [6, 6.07) is 7.67. The molecule has 0 atom stereocenters. The van der Waals surface area contributed by atoms with Gasteiger partial charge in [-0.05, 0) is 18.2 Å². The van der Waals surface area contributed by atoms with Gasteiger partial charge in [0.15, 0.2) is 0 Å². The van der Waals surface area contributed by atoms with Gasteiger partial charge < -0.3 is 9.90 Å². The summed E-state index contributed by atoms with van der Waals surface area (Å²) < 4.78 is 1.04. The van der Waals surface area contributed by atoms with Crippen LogP contribution >= 0.6 is 22.9 Å². The van der Waals surface area contributed by atoms with Crippen molar-refractivity contribution >= 4 is 45.1 Å². The van der Waals surface area contributed by atoms with Gasteiger partial charge in [-0.1, -0.05) is 29.8 Å². The first kappa shape index (κ1) is 10.2. The Kier molecular flexibility index (Phi) is 2.75. The summed E-state index contributed by atoms with van der Waals surface area (Å²) in [7, 11) is 0. The van der Waals surface area contributed by atoms with Crippen LogP contribution in [-0.4, -0.2) is 5.97 Å². The molecule has 0 N–H and O–H groups in total. The minimum atomic E-state index is -1.22. The number of halogens is 1. The van der Waals surface area contributed by atoms with Crippen LogP contribution in [0.25, 0.3) is 16.2 Å². The Bertz CT molecular complexity index is 543. The molecule has 0 aliphatic carbocycles. The van der Waals surface area contributed by atoms with E-state index in [9.17, 15) is 9.90 Å². The van der Waals surface area contributed by atoms with E-state index >= 15 is 0 Å². The first-order chi connectivity index (χ1) is 7.18. The molecule has 15 heavy (non-hydrogen) atoms. The van der Waals surface area contributed by atoms with Crippen molar-refractivity contribution in [3.63, 3.8) is 0 Å². The fraction of sp³-hybridized carbons (Fsp3) is 0. The highest BCUT2D eigenvalue weighted by molar-refractivity contribution is 7.20. The molecular weight excluding hydrogens is 232 g/mol. The molecule has 2 nitrogen and oxygen atoms in total. The number of carbonyl (C=O) groups excluding carboxylic acids is 1. The number of aliphatic carboxylic acids is 1. The van der Waals surface area contributed by atoms with Crippen LogP contribution in [0, 0.1) is 0 Å². The summed E-state index contributed by atoms with van der Waals surface area (Å²) in [4.78, 5) is 11.0. The smallest absolute Gasteiger partial charge is 0.0664 e. The second-order valence-corrected chi connectivity index (χ2v) is 4.39. The van der Waals surface area contributed by atoms with Crippen LogP contribution in [0.1, 0.15) is 4.88 Å². The van der Waals surface area contributed by atoms with Gasteiger partial charge in [0, 0.05) is 15.0 Å². The third kappa shape index (κ3) is 2.03. The molecule has 0 saturated carbocycles. The number of fused-ring (bicyclic) bond motifs is 1. The van der Waals surface area contributed by atoms with Crippen LogP contribution in [0.5, 0.6) is 0 Å². The van der Waals surface area contributed by atoms with Gasteiger partial charge in [0.05, 0.1) is 11.0 Å². The Morgan fingerprint density at radius 3 is 2.80 bits per heavy atom. The fourth-order valence-corrected chi connectivity index (χ4v) is 2.68. The molecule has 0 radical (unpaired) electrons. The van der Waals surface area contributed by atoms with Crippen LogP contribution < -0.4 is 5.11 Å². The third-order valence-corrected chi connectivity index (χ3v) is 3.59. The van der Waals surface area contributed by atoms with Crippen LogP contribution in [0.4, 0.5) is 0 Å². The number of carboxylic acid groups (broad SMARTS) is 1. The van der Waals surface area contributed by atoms with Gasteiger partial charge in [-0.2, -0.15) is 0 Å². The summed E-state index contributed by atoms with van der Waals surface area (Å²) in [5.41, 5.74) is 0. The highest BCUT2D eigenvalue weighted by Gasteiger charge is 2.06. The van der Waals surface area contributed by atoms with Crippen LogP contribution in [0.2, 0.25) is 5.02 Å². The molecule has 0 unspecified atom stereocenters. The lowest BCUT2D eigenvalue weighted by Crippen LogP contribution is -2.18. The van der Waals surface area contributed by atoms with Crippen LogP contribution in [0.15, 0.2) is 30.3 Å². The van der Waals surface area contributed by atoms with Crippen molar-refractivity contribution in [2.45, 2.75) is 0 Å². The molecule has 0 saturated heterocycles. The summed E-state index contributed by atoms with van der Waals surface area (Å²) in [5.74, 6) is -1.22. The topological polar surface area (TPSA) is 40.1 Å². The fourth-order valence-electron chi connectivity index (χ4n) is 1.28. The second-order valence-electron chi connectivity index (χ2n) is 2.93. The minimum absolute atomic E-state index is 0.591. The zero-order valence-electron chi connectivity index (χ0n) is 7.57. The molecular formula is C11H6ClO2S-. The number of rotatable bonds is 2. The molecule has 4 heteroatoms. The summed E-state index contributed by atoms with van der Waals surface area (Å²) in [6.07, 6.45) is 2.44. The quantitative estimate of drug-likeness (QED) is 0.752. The lowest BCUT2D eigenvalue weighted by atomic mass is 10.2. The van der Waals surface area contributed by atoms with E-state index < -0.39 is 5.97 Å². The monoisotopic (exact) mass is 237 g/mol.